The molecular weight excluding hydrogens is 254 g/mol. The zero-order chi connectivity index (χ0) is 14.4. The number of aliphatic hydroxyl groups excluding tert-OH is 1. The Morgan fingerprint density at radius 3 is 2.65 bits per heavy atom. The molecule has 0 atom stereocenters. The molecule has 0 radical (unpaired) electrons. The molecule has 5 nitrogen and oxygen atoms in total. The van der Waals surface area contributed by atoms with Gasteiger partial charge in [-0.05, 0) is 37.5 Å². The van der Waals surface area contributed by atoms with Crippen molar-refractivity contribution in [1.29, 1.82) is 0 Å². The van der Waals surface area contributed by atoms with Crippen molar-refractivity contribution in [1.82, 2.24) is 14.9 Å². The van der Waals surface area contributed by atoms with Gasteiger partial charge in [-0.25, -0.2) is 0 Å². The van der Waals surface area contributed by atoms with Gasteiger partial charge in [-0.3, -0.25) is 14.8 Å². The highest BCUT2D eigenvalue weighted by Crippen LogP contribution is 2.12. The number of rotatable bonds is 6. The average molecular weight is 273 g/mol. The van der Waals surface area contributed by atoms with Crippen LogP contribution in [0.4, 0.5) is 0 Å². The zero-order valence-electron chi connectivity index (χ0n) is 11.6. The SMILES string of the molecule is CN(CCCCCO)C(=O)c1ccc2nccnc2c1. The van der Waals surface area contributed by atoms with E-state index >= 15 is 0 Å². The van der Waals surface area contributed by atoms with Crippen molar-refractivity contribution >= 4 is 16.9 Å². The Morgan fingerprint density at radius 2 is 1.90 bits per heavy atom. The van der Waals surface area contributed by atoms with Crippen LogP contribution in [0.5, 0.6) is 0 Å². The lowest BCUT2D eigenvalue weighted by molar-refractivity contribution is 0.0792. The summed E-state index contributed by atoms with van der Waals surface area (Å²) in [5.41, 5.74) is 2.14. The van der Waals surface area contributed by atoms with Gasteiger partial charge in [0.15, 0.2) is 0 Å². The van der Waals surface area contributed by atoms with Crippen molar-refractivity contribution in [2.75, 3.05) is 20.2 Å². The summed E-state index contributed by atoms with van der Waals surface area (Å²) in [6.45, 7) is 0.901. The van der Waals surface area contributed by atoms with Crippen molar-refractivity contribution in [3.8, 4) is 0 Å². The van der Waals surface area contributed by atoms with E-state index in [1.165, 1.54) is 0 Å². The number of amides is 1. The van der Waals surface area contributed by atoms with E-state index in [0.717, 1.165) is 30.3 Å². The minimum absolute atomic E-state index is 0.0125. The van der Waals surface area contributed by atoms with Crippen molar-refractivity contribution in [2.45, 2.75) is 19.3 Å². The van der Waals surface area contributed by atoms with Gasteiger partial charge < -0.3 is 10.0 Å². The summed E-state index contributed by atoms with van der Waals surface area (Å²) in [5, 5.41) is 8.73. The second kappa shape index (κ2) is 6.96. The lowest BCUT2D eigenvalue weighted by Crippen LogP contribution is -2.27. The Morgan fingerprint density at radius 1 is 1.15 bits per heavy atom. The van der Waals surface area contributed by atoms with Gasteiger partial charge >= 0.3 is 0 Å². The molecular formula is C15H19N3O2. The second-order valence-corrected chi connectivity index (χ2v) is 4.77. The molecule has 20 heavy (non-hydrogen) atoms. The number of benzene rings is 1. The van der Waals surface area contributed by atoms with Crippen molar-refractivity contribution in [3.63, 3.8) is 0 Å². The normalized spacial score (nSPS) is 10.7. The van der Waals surface area contributed by atoms with Crippen LogP contribution in [0.15, 0.2) is 30.6 Å². The molecule has 0 unspecified atom stereocenters. The third-order valence-corrected chi connectivity index (χ3v) is 3.21. The summed E-state index contributed by atoms with van der Waals surface area (Å²) >= 11 is 0. The van der Waals surface area contributed by atoms with Crippen molar-refractivity contribution < 1.29 is 9.90 Å². The van der Waals surface area contributed by atoms with Crippen LogP contribution in [-0.4, -0.2) is 46.1 Å². The number of aliphatic hydroxyl groups is 1. The van der Waals surface area contributed by atoms with E-state index in [4.69, 9.17) is 5.11 Å². The molecule has 1 aromatic heterocycles. The van der Waals surface area contributed by atoms with E-state index in [9.17, 15) is 4.79 Å². The Bertz CT molecular complexity index is 586. The summed E-state index contributed by atoms with van der Waals surface area (Å²) < 4.78 is 0. The molecule has 0 fully saturated rings. The van der Waals surface area contributed by atoms with Crippen LogP contribution in [0.1, 0.15) is 29.6 Å². The van der Waals surface area contributed by atoms with Gasteiger partial charge in [-0.2, -0.15) is 0 Å². The van der Waals surface area contributed by atoms with Crippen LogP contribution in [0.2, 0.25) is 0 Å². The molecule has 0 aliphatic rings. The first-order valence-corrected chi connectivity index (χ1v) is 6.79. The topological polar surface area (TPSA) is 66.3 Å². The molecule has 1 N–H and O–H groups in total. The fourth-order valence-electron chi connectivity index (χ4n) is 2.06. The van der Waals surface area contributed by atoms with E-state index in [1.807, 2.05) is 6.07 Å². The number of carbonyl (C=O) groups excluding carboxylic acids is 1. The highest BCUT2D eigenvalue weighted by atomic mass is 16.2. The minimum Gasteiger partial charge on any atom is -0.396 e. The van der Waals surface area contributed by atoms with E-state index < -0.39 is 0 Å². The summed E-state index contributed by atoms with van der Waals surface area (Å²) in [7, 11) is 1.79. The predicted octanol–water partition coefficient (Wildman–Crippen LogP) is 1.86. The van der Waals surface area contributed by atoms with E-state index in [0.29, 0.717) is 12.1 Å². The number of aromatic nitrogens is 2. The first kappa shape index (κ1) is 14.4. The van der Waals surface area contributed by atoms with Gasteiger partial charge in [-0.1, -0.05) is 0 Å². The summed E-state index contributed by atoms with van der Waals surface area (Å²) in [6, 6.07) is 5.37. The molecule has 2 aromatic rings. The Labute approximate surface area is 118 Å². The van der Waals surface area contributed by atoms with Crippen LogP contribution < -0.4 is 0 Å². The maximum absolute atomic E-state index is 12.3. The Hall–Kier alpha value is -2.01. The lowest BCUT2D eigenvalue weighted by atomic mass is 10.1. The van der Waals surface area contributed by atoms with Gasteiger partial charge in [0.05, 0.1) is 11.0 Å². The minimum atomic E-state index is -0.0125. The monoisotopic (exact) mass is 273 g/mol. The molecule has 5 heteroatoms. The van der Waals surface area contributed by atoms with Crippen molar-refractivity contribution in [3.05, 3.63) is 36.2 Å². The molecule has 1 heterocycles. The maximum atomic E-state index is 12.3. The number of hydrogen-bond acceptors (Lipinski definition) is 4. The van der Waals surface area contributed by atoms with Crippen LogP contribution in [0.25, 0.3) is 11.0 Å². The molecule has 1 amide bonds. The summed E-state index contributed by atoms with van der Waals surface area (Å²) in [6.07, 6.45) is 5.87. The van der Waals surface area contributed by atoms with Gasteiger partial charge in [0.25, 0.3) is 5.91 Å². The van der Waals surface area contributed by atoms with Gasteiger partial charge in [0.2, 0.25) is 0 Å². The largest absolute Gasteiger partial charge is 0.396 e. The fourth-order valence-corrected chi connectivity index (χ4v) is 2.06. The third kappa shape index (κ3) is 3.51. The highest BCUT2D eigenvalue weighted by molar-refractivity contribution is 5.97. The fraction of sp³-hybridized carbons (Fsp3) is 0.400. The van der Waals surface area contributed by atoms with Gasteiger partial charge in [0, 0.05) is 38.2 Å². The molecule has 2 rings (SSSR count). The Balaban J connectivity index is 2.02. The van der Waals surface area contributed by atoms with Crippen LogP contribution in [0, 0.1) is 0 Å². The highest BCUT2D eigenvalue weighted by Gasteiger charge is 2.12. The van der Waals surface area contributed by atoms with Crippen LogP contribution >= 0.6 is 0 Å². The quantitative estimate of drug-likeness (QED) is 0.816. The Kier molecular flexibility index (Phi) is 5.01. The number of unbranched alkanes of at least 4 members (excludes halogenated alkanes) is 2. The first-order valence-electron chi connectivity index (χ1n) is 6.79. The van der Waals surface area contributed by atoms with Crippen LogP contribution in [-0.2, 0) is 0 Å². The standard InChI is InChI=1S/C15H19N3O2/c1-18(9-3-2-4-10-19)15(20)12-5-6-13-14(11-12)17-8-7-16-13/h5-8,11,19H,2-4,9-10H2,1H3. The first-order chi connectivity index (χ1) is 9.72. The van der Waals surface area contributed by atoms with E-state index in [-0.39, 0.29) is 12.5 Å². The maximum Gasteiger partial charge on any atom is 0.253 e. The van der Waals surface area contributed by atoms with E-state index in [1.54, 1.807) is 36.5 Å². The lowest BCUT2D eigenvalue weighted by Gasteiger charge is -2.17. The molecule has 0 aliphatic heterocycles. The number of carbonyl (C=O) groups is 1. The molecule has 0 aliphatic carbocycles. The molecule has 0 saturated heterocycles. The molecule has 0 bridgehead atoms. The molecule has 106 valence electrons. The van der Waals surface area contributed by atoms with E-state index in [2.05, 4.69) is 9.97 Å². The van der Waals surface area contributed by atoms with Crippen LogP contribution in [0.3, 0.4) is 0 Å². The third-order valence-electron chi connectivity index (χ3n) is 3.21. The summed E-state index contributed by atoms with van der Waals surface area (Å²) in [4.78, 5) is 22.4. The molecule has 0 spiro atoms. The van der Waals surface area contributed by atoms with Crippen molar-refractivity contribution in [2.24, 2.45) is 0 Å². The average Bonchev–Trinajstić information content (AvgIpc) is 2.50. The number of hydrogen-bond donors (Lipinski definition) is 1. The molecule has 1 aromatic carbocycles. The zero-order valence-corrected chi connectivity index (χ0v) is 11.6. The number of fused-ring (bicyclic) bond motifs is 1. The molecule has 0 saturated carbocycles. The predicted molar refractivity (Wildman–Crippen MR) is 77.4 cm³/mol. The smallest absolute Gasteiger partial charge is 0.253 e. The number of nitrogens with zero attached hydrogens (tertiary/aromatic N) is 3. The second-order valence-electron chi connectivity index (χ2n) is 4.77. The summed E-state index contributed by atoms with van der Waals surface area (Å²) in [5.74, 6) is -0.0125. The van der Waals surface area contributed by atoms with Gasteiger partial charge in [-0.15, -0.1) is 0 Å². The van der Waals surface area contributed by atoms with Gasteiger partial charge in [0.1, 0.15) is 0 Å².